The molecule has 0 saturated heterocycles. The van der Waals surface area contributed by atoms with Crippen LogP contribution in [0.25, 0.3) is 0 Å². The Morgan fingerprint density at radius 1 is 1.48 bits per heavy atom. The molecule has 0 bridgehead atoms. The molecule has 1 aromatic carbocycles. The van der Waals surface area contributed by atoms with Crippen molar-refractivity contribution in [2.45, 2.75) is 13.0 Å². The smallest absolute Gasteiger partial charge is 0.336 e. The van der Waals surface area contributed by atoms with Crippen LogP contribution < -0.4 is 5.32 Å². The minimum absolute atomic E-state index is 0.143. The predicted octanol–water partition coefficient (Wildman–Crippen LogP) is 1.67. The molecule has 0 aliphatic rings. The second kappa shape index (κ2) is 7.55. The summed E-state index contributed by atoms with van der Waals surface area (Å²) in [7, 11) is 3.06. The first kappa shape index (κ1) is 16.9. The molecular weight excluding hydrogens is 280 g/mol. The average molecular weight is 298 g/mol. The number of nitro benzene ring substituents is 1. The highest BCUT2D eigenvalue weighted by molar-refractivity contribution is 5.90. The number of benzene rings is 1. The summed E-state index contributed by atoms with van der Waals surface area (Å²) < 4.78 is 10.1. The van der Waals surface area contributed by atoms with Crippen molar-refractivity contribution >= 4 is 17.3 Å². The number of nitrogens with zero attached hydrogens (tertiary/aromatic N) is 1. The van der Waals surface area contributed by atoms with Gasteiger partial charge in [0.25, 0.3) is 5.69 Å². The van der Waals surface area contributed by atoms with Crippen molar-refractivity contribution in [1.82, 2.24) is 0 Å². The van der Waals surface area contributed by atoms with Crippen molar-refractivity contribution < 1.29 is 24.3 Å². The number of methoxy groups -OCH3 is 2. The highest BCUT2D eigenvalue weighted by Crippen LogP contribution is 2.27. The van der Waals surface area contributed by atoms with Crippen LogP contribution in [0.2, 0.25) is 0 Å². The number of hydrogen-bond donors (Lipinski definition) is 2. The van der Waals surface area contributed by atoms with Gasteiger partial charge in [-0.1, -0.05) is 0 Å². The molecule has 0 amide bonds. The maximum absolute atomic E-state index is 11.0. The van der Waals surface area contributed by atoms with Crippen LogP contribution in [0.3, 0.4) is 0 Å². The first-order valence-electron chi connectivity index (χ1n) is 6.18. The monoisotopic (exact) mass is 298 g/mol. The largest absolute Gasteiger partial charge is 0.478 e. The number of anilines is 1. The standard InChI is InChI=1S/C13H18N2O6/c1-8-11(14-6-10(21-3)7-20-2)4-9(13(16)17)5-12(8)15(18)19/h4-5,10,14H,6-7H2,1-3H3,(H,16,17). The van der Waals surface area contributed by atoms with Gasteiger partial charge in [-0.2, -0.15) is 0 Å². The summed E-state index contributed by atoms with van der Waals surface area (Å²) in [5.41, 5.74) is 0.380. The van der Waals surface area contributed by atoms with Gasteiger partial charge in [-0.05, 0) is 13.0 Å². The Balaban J connectivity index is 3.05. The van der Waals surface area contributed by atoms with Crippen LogP contribution >= 0.6 is 0 Å². The Labute approximate surface area is 121 Å². The second-order valence-corrected chi connectivity index (χ2v) is 4.42. The number of nitro groups is 1. The quantitative estimate of drug-likeness (QED) is 0.554. The zero-order chi connectivity index (χ0) is 16.0. The van der Waals surface area contributed by atoms with E-state index >= 15 is 0 Å². The lowest BCUT2D eigenvalue weighted by atomic mass is 10.1. The highest BCUT2D eigenvalue weighted by Gasteiger charge is 2.19. The molecule has 1 aromatic rings. The number of aromatic carboxylic acids is 1. The number of carboxylic acid groups (broad SMARTS) is 1. The summed E-state index contributed by atoms with van der Waals surface area (Å²) in [5, 5.41) is 23.0. The topological polar surface area (TPSA) is 111 Å². The Hall–Kier alpha value is -2.19. The van der Waals surface area contributed by atoms with Gasteiger partial charge in [0.1, 0.15) is 0 Å². The molecule has 0 aliphatic heterocycles. The van der Waals surface area contributed by atoms with E-state index < -0.39 is 10.9 Å². The van der Waals surface area contributed by atoms with Gasteiger partial charge in [0, 0.05) is 38.1 Å². The van der Waals surface area contributed by atoms with E-state index in [-0.39, 0.29) is 17.4 Å². The van der Waals surface area contributed by atoms with Crippen molar-refractivity contribution in [2.75, 3.05) is 32.7 Å². The second-order valence-electron chi connectivity index (χ2n) is 4.42. The van der Waals surface area contributed by atoms with Crippen LogP contribution in [0.1, 0.15) is 15.9 Å². The maximum Gasteiger partial charge on any atom is 0.336 e. The summed E-state index contributed by atoms with van der Waals surface area (Å²) in [6.45, 7) is 2.25. The number of carbonyl (C=O) groups is 1. The summed E-state index contributed by atoms with van der Waals surface area (Å²) >= 11 is 0. The van der Waals surface area contributed by atoms with Gasteiger partial charge in [-0.15, -0.1) is 0 Å². The van der Waals surface area contributed by atoms with Crippen LogP contribution in [0, 0.1) is 17.0 Å². The molecule has 21 heavy (non-hydrogen) atoms. The number of rotatable bonds is 8. The molecule has 0 fully saturated rings. The molecule has 0 saturated carbocycles. The molecule has 1 atom stereocenters. The molecule has 0 spiro atoms. The normalized spacial score (nSPS) is 12.0. The number of carboxylic acids is 1. The minimum Gasteiger partial charge on any atom is -0.478 e. The summed E-state index contributed by atoms with van der Waals surface area (Å²) in [4.78, 5) is 21.4. The fourth-order valence-corrected chi connectivity index (χ4v) is 1.82. The Kier molecular flexibility index (Phi) is 6.07. The lowest BCUT2D eigenvalue weighted by Gasteiger charge is -2.17. The fourth-order valence-electron chi connectivity index (χ4n) is 1.82. The summed E-state index contributed by atoms with van der Waals surface area (Å²) in [6.07, 6.45) is -0.248. The predicted molar refractivity (Wildman–Crippen MR) is 76.0 cm³/mol. The lowest BCUT2D eigenvalue weighted by molar-refractivity contribution is -0.385. The van der Waals surface area contributed by atoms with E-state index in [0.29, 0.717) is 24.4 Å². The van der Waals surface area contributed by atoms with E-state index in [4.69, 9.17) is 14.6 Å². The van der Waals surface area contributed by atoms with E-state index in [9.17, 15) is 14.9 Å². The van der Waals surface area contributed by atoms with Crippen molar-refractivity contribution in [3.05, 3.63) is 33.4 Å². The molecule has 8 nitrogen and oxygen atoms in total. The zero-order valence-electron chi connectivity index (χ0n) is 12.1. The summed E-state index contributed by atoms with van der Waals surface area (Å²) in [6, 6.07) is 2.41. The molecule has 116 valence electrons. The van der Waals surface area contributed by atoms with Crippen LogP contribution in [-0.2, 0) is 9.47 Å². The number of nitrogens with one attached hydrogen (secondary N) is 1. The van der Waals surface area contributed by atoms with E-state index in [2.05, 4.69) is 5.32 Å². The van der Waals surface area contributed by atoms with E-state index in [1.807, 2.05) is 0 Å². The third-order valence-corrected chi connectivity index (χ3v) is 3.03. The van der Waals surface area contributed by atoms with Crippen molar-refractivity contribution in [3.8, 4) is 0 Å². The van der Waals surface area contributed by atoms with E-state index in [0.717, 1.165) is 6.07 Å². The Morgan fingerprint density at radius 2 is 2.14 bits per heavy atom. The van der Waals surface area contributed by atoms with Gasteiger partial charge in [0.05, 0.1) is 23.2 Å². The van der Waals surface area contributed by atoms with Gasteiger partial charge >= 0.3 is 5.97 Å². The van der Waals surface area contributed by atoms with Crippen LogP contribution in [0.4, 0.5) is 11.4 Å². The van der Waals surface area contributed by atoms with Gasteiger partial charge in [-0.25, -0.2) is 4.79 Å². The van der Waals surface area contributed by atoms with E-state index in [1.54, 1.807) is 6.92 Å². The number of ether oxygens (including phenoxy) is 2. The molecule has 2 N–H and O–H groups in total. The molecule has 0 heterocycles. The molecule has 0 aromatic heterocycles. The SMILES string of the molecule is COCC(CNc1cc(C(=O)O)cc([N+](=O)[O-])c1C)OC. The van der Waals surface area contributed by atoms with Crippen LogP contribution in [-0.4, -0.2) is 49.5 Å². The molecule has 1 unspecified atom stereocenters. The Bertz CT molecular complexity index is 532. The van der Waals surface area contributed by atoms with E-state index in [1.165, 1.54) is 20.3 Å². The molecular formula is C13H18N2O6. The average Bonchev–Trinajstić information content (AvgIpc) is 2.43. The zero-order valence-corrected chi connectivity index (χ0v) is 12.1. The van der Waals surface area contributed by atoms with Gasteiger partial charge in [0.2, 0.25) is 0 Å². The fraction of sp³-hybridized carbons (Fsp3) is 0.462. The van der Waals surface area contributed by atoms with Crippen LogP contribution in [0.15, 0.2) is 12.1 Å². The van der Waals surface area contributed by atoms with Crippen molar-refractivity contribution in [2.24, 2.45) is 0 Å². The lowest BCUT2D eigenvalue weighted by Crippen LogP contribution is -2.27. The Morgan fingerprint density at radius 3 is 2.62 bits per heavy atom. The molecule has 8 heteroatoms. The third-order valence-electron chi connectivity index (χ3n) is 3.03. The summed E-state index contributed by atoms with van der Waals surface area (Å²) in [5.74, 6) is -1.22. The van der Waals surface area contributed by atoms with Crippen LogP contribution in [0.5, 0.6) is 0 Å². The molecule has 0 aliphatic carbocycles. The van der Waals surface area contributed by atoms with Gasteiger partial charge < -0.3 is 19.9 Å². The first-order chi connectivity index (χ1) is 9.90. The first-order valence-corrected chi connectivity index (χ1v) is 6.18. The highest BCUT2D eigenvalue weighted by atomic mass is 16.6. The molecule has 1 rings (SSSR count). The third kappa shape index (κ3) is 4.40. The van der Waals surface area contributed by atoms with Crippen molar-refractivity contribution in [3.63, 3.8) is 0 Å². The van der Waals surface area contributed by atoms with Gasteiger partial charge in [0.15, 0.2) is 0 Å². The van der Waals surface area contributed by atoms with Gasteiger partial charge in [-0.3, -0.25) is 10.1 Å². The van der Waals surface area contributed by atoms with Crippen molar-refractivity contribution in [1.29, 1.82) is 0 Å². The molecule has 0 radical (unpaired) electrons. The number of hydrogen-bond acceptors (Lipinski definition) is 6. The minimum atomic E-state index is -1.22. The maximum atomic E-state index is 11.0.